The van der Waals surface area contributed by atoms with E-state index < -0.39 is 15.9 Å². The maximum atomic E-state index is 13.0. The number of aromatic nitrogens is 1. The van der Waals surface area contributed by atoms with Crippen LogP contribution in [0.25, 0.3) is 0 Å². The molecule has 0 aliphatic carbocycles. The fourth-order valence-corrected chi connectivity index (χ4v) is 4.31. The summed E-state index contributed by atoms with van der Waals surface area (Å²) in [5.41, 5.74) is 3.19. The molecule has 0 aliphatic heterocycles. The molecule has 25 heavy (non-hydrogen) atoms. The van der Waals surface area contributed by atoms with Crippen LogP contribution in [-0.2, 0) is 14.8 Å². The molecule has 0 aliphatic rings. The van der Waals surface area contributed by atoms with Gasteiger partial charge in [0.05, 0.1) is 11.4 Å². The van der Waals surface area contributed by atoms with Crippen LogP contribution in [0.5, 0.6) is 0 Å². The van der Waals surface area contributed by atoms with Crippen LogP contribution >= 0.6 is 0 Å². The number of sulfonamides is 1. The molecule has 0 unspecified atom stereocenters. The summed E-state index contributed by atoms with van der Waals surface area (Å²) < 4.78 is 31.9. The number of anilines is 1. The number of benzene rings is 1. The highest BCUT2D eigenvalue weighted by atomic mass is 32.2. The van der Waals surface area contributed by atoms with Crippen molar-refractivity contribution in [1.29, 1.82) is 0 Å². The second kappa shape index (κ2) is 6.97. The Labute approximate surface area is 148 Å². The predicted molar refractivity (Wildman–Crippen MR) is 95.1 cm³/mol. The van der Waals surface area contributed by atoms with Crippen LogP contribution in [0, 0.1) is 34.6 Å². The number of likely N-dealkylation sites (N-methyl/N-ethyl adjacent to an activating group) is 1. The van der Waals surface area contributed by atoms with Gasteiger partial charge in [-0.3, -0.25) is 4.79 Å². The summed E-state index contributed by atoms with van der Waals surface area (Å²) in [6, 6.07) is 3.52. The normalized spacial score (nSPS) is 11.8. The first-order valence-corrected chi connectivity index (χ1v) is 9.25. The summed E-state index contributed by atoms with van der Waals surface area (Å²) in [5.74, 6) is 0.323. The largest absolute Gasteiger partial charge is 0.360 e. The van der Waals surface area contributed by atoms with Crippen LogP contribution in [0.1, 0.15) is 28.0 Å². The average Bonchev–Trinajstić information content (AvgIpc) is 2.90. The quantitative estimate of drug-likeness (QED) is 0.879. The van der Waals surface area contributed by atoms with E-state index in [-0.39, 0.29) is 17.3 Å². The lowest BCUT2D eigenvalue weighted by Crippen LogP contribution is -2.35. The summed E-state index contributed by atoms with van der Waals surface area (Å²) in [6.07, 6.45) is 0. The van der Waals surface area contributed by atoms with Crippen molar-refractivity contribution in [3.8, 4) is 0 Å². The maximum absolute atomic E-state index is 13.0. The summed E-state index contributed by atoms with van der Waals surface area (Å²) in [6.45, 7) is 8.69. The Hall–Kier alpha value is -2.19. The molecule has 1 aromatic carbocycles. The van der Waals surface area contributed by atoms with Gasteiger partial charge in [0.1, 0.15) is 5.76 Å². The Morgan fingerprint density at radius 3 is 2.16 bits per heavy atom. The number of nitrogens with zero attached hydrogens (tertiary/aromatic N) is 2. The molecule has 1 heterocycles. The zero-order valence-corrected chi connectivity index (χ0v) is 16.1. The van der Waals surface area contributed by atoms with Crippen molar-refractivity contribution in [2.24, 2.45) is 0 Å². The molecule has 0 saturated carbocycles. The monoisotopic (exact) mass is 365 g/mol. The lowest BCUT2D eigenvalue weighted by molar-refractivity contribution is -0.116. The molecule has 0 atom stereocenters. The molecule has 136 valence electrons. The average molecular weight is 365 g/mol. The molecule has 0 saturated heterocycles. The summed E-state index contributed by atoms with van der Waals surface area (Å²) in [7, 11) is -2.41. The molecule has 2 aromatic rings. The number of hydrogen-bond donors (Lipinski definition) is 1. The van der Waals surface area contributed by atoms with E-state index in [1.54, 1.807) is 26.8 Å². The Bertz CT molecular complexity index is 890. The second-order valence-corrected chi connectivity index (χ2v) is 8.20. The Kier molecular flexibility index (Phi) is 5.34. The van der Waals surface area contributed by atoms with E-state index >= 15 is 0 Å². The minimum Gasteiger partial charge on any atom is -0.360 e. The molecular formula is C17H23N3O4S. The smallest absolute Gasteiger partial charge is 0.243 e. The number of hydrogen-bond acceptors (Lipinski definition) is 5. The highest BCUT2D eigenvalue weighted by Gasteiger charge is 2.28. The van der Waals surface area contributed by atoms with E-state index in [0.717, 1.165) is 15.4 Å². The molecule has 1 amide bonds. The van der Waals surface area contributed by atoms with Crippen LogP contribution in [0.2, 0.25) is 0 Å². The Morgan fingerprint density at radius 2 is 1.68 bits per heavy atom. The van der Waals surface area contributed by atoms with Gasteiger partial charge < -0.3 is 9.84 Å². The highest BCUT2D eigenvalue weighted by molar-refractivity contribution is 7.89. The second-order valence-electron chi connectivity index (χ2n) is 6.22. The number of aryl methyl sites for hydroxylation is 3. The predicted octanol–water partition coefficient (Wildman–Crippen LogP) is 2.48. The number of carbonyl (C=O) groups is 1. The molecule has 7 nitrogen and oxygen atoms in total. The number of rotatable bonds is 5. The van der Waals surface area contributed by atoms with E-state index in [9.17, 15) is 13.2 Å². The van der Waals surface area contributed by atoms with Crippen LogP contribution in [0.4, 0.5) is 5.82 Å². The highest BCUT2D eigenvalue weighted by Crippen LogP contribution is 2.28. The van der Waals surface area contributed by atoms with Gasteiger partial charge in [-0.15, -0.1) is 0 Å². The minimum absolute atomic E-state index is 0.257. The van der Waals surface area contributed by atoms with Gasteiger partial charge in [0.2, 0.25) is 15.9 Å². The lowest BCUT2D eigenvalue weighted by Gasteiger charge is -2.21. The number of carbonyl (C=O) groups excluding carboxylic acids is 1. The molecule has 0 fully saturated rings. The van der Waals surface area contributed by atoms with Crippen molar-refractivity contribution in [3.63, 3.8) is 0 Å². The van der Waals surface area contributed by atoms with Gasteiger partial charge in [-0.2, -0.15) is 4.31 Å². The molecule has 1 aromatic heterocycles. The fraction of sp³-hybridized carbons (Fsp3) is 0.412. The van der Waals surface area contributed by atoms with Gasteiger partial charge in [0.15, 0.2) is 5.82 Å². The van der Waals surface area contributed by atoms with Crippen molar-refractivity contribution in [2.75, 3.05) is 18.9 Å². The van der Waals surface area contributed by atoms with Crippen LogP contribution < -0.4 is 5.32 Å². The third kappa shape index (κ3) is 3.91. The van der Waals surface area contributed by atoms with Gasteiger partial charge in [0.25, 0.3) is 0 Å². The number of nitrogens with one attached hydrogen (secondary N) is 1. The topological polar surface area (TPSA) is 92.5 Å². The molecule has 8 heteroatoms. The Balaban J connectivity index is 2.26. The van der Waals surface area contributed by atoms with Crippen molar-refractivity contribution < 1.29 is 17.7 Å². The van der Waals surface area contributed by atoms with Crippen LogP contribution in [0.15, 0.2) is 21.6 Å². The van der Waals surface area contributed by atoms with E-state index in [1.165, 1.54) is 7.05 Å². The Morgan fingerprint density at radius 1 is 1.12 bits per heavy atom. The standard InChI is InChI=1S/C17H23N3O4S/c1-10-7-11(2)14(5)17(13(10)4)25(22,23)20(6)9-16(21)18-15-8-12(3)24-19-15/h7-8H,9H2,1-6H3,(H,18,19,21). The van der Waals surface area contributed by atoms with Gasteiger partial charge in [-0.1, -0.05) is 11.2 Å². The van der Waals surface area contributed by atoms with Gasteiger partial charge >= 0.3 is 0 Å². The summed E-state index contributed by atoms with van der Waals surface area (Å²) in [5, 5.41) is 6.18. The zero-order chi connectivity index (χ0) is 18.9. The first-order chi connectivity index (χ1) is 11.5. The first-order valence-electron chi connectivity index (χ1n) is 7.81. The van der Waals surface area contributed by atoms with E-state index in [2.05, 4.69) is 10.5 Å². The van der Waals surface area contributed by atoms with Crippen molar-refractivity contribution in [3.05, 3.63) is 40.1 Å². The lowest BCUT2D eigenvalue weighted by atomic mass is 10.0. The van der Waals surface area contributed by atoms with Crippen molar-refractivity contribution in [1.82, 2.24) is 9.46 Å². The molecule has 2 rings (SSSR count). The molecular weight excluding hydrogens is 342 g/mol. The van der Waals surface area contributed by atoms with E-state index in [4.69, 9.17) is 4.52 Å². The van der Waals surface area contributed by atoms with Crippen molar-refractivity contribution in [2.45, 2.75) is 39.5 Å². The van der Waals surface area contributed by atoms with Crippen LogP contribution in [-0.4, -0.2) is 37.4 Å². The zero-order valence-electron chi connectivity index (χ0n) is 15.3. The van der Waals surface area contributed by atoms with Gasteiger partial charge in [0, 0.05) is 13.1 Å². The SMILES string of the molecule is Cc1cc(NC(=O)CN(C)S(=O)(=O)c2c(C)c(C)cc(C)c2C)no1. The summed E-state index contributed by atoms with van der Waals surface area (Å²) in [4.78, 5) is 12.4. The fourth-order valence-electron chi connectivity index (χ4n) is 2.62. The maximum Gasteiger partial charge on any atom is 0.243 e. The molecule has 0 spiro atoms. The number of amides is 1. The minimum atomic E-state index is -3.80. The van der Waals surface area contributed by atoms with Crippen LogP contribution in [0.3, 0.4) is 0 Å². The third-order valence-corrected chi connectivity index (χ3v) is 6.31. The summed E-state index contributed by atoms with van der Waals surface area (Å²) >= 11 is 0. The van der Waals surface area contributed by atoms with E-state index in [0.29, 0.717) is 16.9 Å². The van der Waals surface area contributed by atoms with Gasteiger partial charge in [-0.25, -0.2) is 8.42 Å². The molecule has 0 bridgehead atoms. The van der Waals surface area contributed by atoms with Crippen molar-refractivity contribution >= 4 is 21.7 Å². The van der Waals surface area contributed by atoms with E-state index in [1.807, 2.05) is 19.9 Å². The molecule has 0 radical (unpaired) electrons. The molecule has 1 N–H and O–H groups in total. The van der Waals surface area contributed by atoms with Gasteiger partial charge in [-0.05, 0) is 56.9 Å². The first kappa shape index (κ1) is 19.1. The third-order valence-electron chi connectivity index (χ3n) is 4.23.